The Morgan fingerprint density at radius 3 is 2.26 bits per heavy atom. The molecule has 4 nitrogen and oxygen atoms in total. The Bertz CT molecular complexity index is 769. The van der Waals surface area contributed by atoms with E-state index in [1.54, 1.807) is 0 Å². The number of aryl methyl sites for hydroxylation is 1. The van der Waals surface area contributed by atoms with Crippen molar-refractivity contribution in [2.24, 2.45) is 7.05 Å². The van der Waals surface area contributed by atoms with E-state index in [9.17, 15) is 4.79 Å². The van der Waals surface area contributed by atoms with E-state index in [0.29, 0.717) is 30.3 Å². The monoisotopic (exact) mass is 558 g/mol. The molecule has 2 aromatic rings. The largest absolute Gasteiger partial charge is 1.00 e. The predicted octanol–water partition coefficient (Wildman–Crippen LogP) is 2.55. The highest BCUT2D eigenvalue weighted by molar-refractivity contribution is 6.32. The highest BCUT2D eigenvalue weighted by atomic mass is 127. The number of nitrogens with one attached hydrogen (secondary N) is 1. The average Bonchev–Trinajstić information content (AvgIpc) is 2.73. The van der Waals surface area contributed by atoms with Crippen molar-refractivity contribution in [2.45, 2.75) is 71.3 Å². The number of amides is 1. The first-order valence-electron chi connectivity index (χ1n) is 11.2. The van der Waals surface area contributed by atoms with Gasteiger partial charge in [0, 0.05) is 18.7 Å². The Labute approximate surface area is 209 Å². The summed E-state index contributed by atoms with van der Waals surface area (Å²) in [7, 11) is 1.97. The van der Waals surface area contributed by atoms with E-state index in [-0.39, 0.29) is 29.9 Å². The van der Waals surface area contributed by atoms with Crippen LogP contribution in [0.3, 0.4) is 0 Å². The molecule has 1 aromatic carbocycles. The van der Waals surface area contributed by atoms with Crippen LogP contribution in [0, 0.1) is 0 Å². The smallest absolute Gasteiger partial charge is 0.224 e. The molecule has 0 saturated carbocycles. The molecule has 172 valence electrons. The number of nitrogens with zero attached hydrogens (tertiary/aromatic N) is 1. The molecule has 0 aliphatic carbocycles. The Morgan fingerprint density at radius 2 is 1.61 bits per heavy atom. The maximum absolute atomic E-state index is 12.2. The summed E-state index contributed by atoms with van der Waals surface area (Å²) in [6.07, 6.45) is 14.4. The maximum atomic E-state index is 12.2. The molecule has 0 bridgehead atoms. The van der Waals surface area contributed by atoms with Gasteiger partial charge in [-0.25, -0.2) is 4.57 Å². The molecule has 0 atom stereocenters. The van der Waals surface area contributed by atoms with E-state index < -0.39 is 0 Å². The second kappa shape index (κ2) is 16.3. The highest BCUT2D eigenvalue weighted by Crippen LogP contribution is 2.26. The summed E-state index contributed by atoms with van der Waals surface area (Å²) >= 11 is 6.35. The van der Waals surface area contributed by atoms with E-state index in [1.165, 1.54) is 44.9 Å². The Kier molecular flexibility index (Phi) is 14.6. The van der Waals surface area contributed by atoms with Crippen LogP contribution in [0.5, 0.6) is 5.75 Å². The third kappa shape index (κ3) is 11.7. The second-order valence-electron chi connectivity index (χ2n) is 7.91. The van der Waals surface area contributed by atoms with Gasteiger partial charge in [0.05, 0.1) is 18.1 Å². The van der Waals surface area contributed by atoms with Crippen molar-refractivity contribution < 1.29 is 38.1 Å². The van der Waals surface area contributed by atoms with Crippen LogP contribution in [0.2, 0.25) is 5.02 Å². The van der Waals surface area contributed by atoms with E-state index >= 15 is 0 Å². The lowest BCUT2D eigenvalue weighted by atomic mass is 10.1. The molecule has 0 spiro atoms. The quantitative estimate of drug-likeness (QED) is 0.220. The summed E-state index contributed by atoms with van der Waals surface area (Å²) in [6.45, 7) is 3.45. The summed E-state index contributed by atoms with van der Waals surface area (Å²) in [4.78, 5) is 12.2. The minimum atomic E-state index is -0.0214. The fourth-order valence-corrected chi connectivity index (χ4v) is 3.55. The number of ether oxygens (including phenoxy) is 1. The number of rotatable bonds is 14. The zero-order chi connectivity index (χ0) is 21.6. The van der Waals surface area contributed by atoms with Crippen molar-refractivity contribution in [3.63, 3.8) is 0 Å². The number of hydrogen-bond donors (Lipinski definition) is 1. The number of unbranched alkanes of at least 4 members (excludes halogenated alkanes) is 7. The second-order valence-corrected chi connectivity index (χ2v) is 8.32. The molecule has 6 heteroatoms. The van der Waals surface area contributed by atoms with Crippen LogP contribution in [0.1, 0.15) is 69.4 Å². The van der Waals surface area contributed by atoms with Crippen molar-refractivity contribution in [1.82, 2.24) is 5.32 Å². The van der Waals surface area contributed by atoms with Gasteiger partial charge in [0.2, 0.25) is 5.91 Å². The van der Waals surface area contributed by atoms with Gasteiger partial charge in [-0.1, -0.05) is 69.5 Å². The van der Waals surface area contributed by atoms with Crippen LogP contribution in [0.4, 0.5) is 0 Å². The van der Waals surface area contributed by atoms with E-state index in [4.69, 9.17) is 16.3 Å². The summed E-state index contributed by atoms with van der Waals surface area (Å²) in [5.74, 6) is 0.674. The lowest BCUT2D eigenvalue weighted by molar-refractivity contribution is -0.671. The van der Waals surface area contributed by atoms with Gasteiger partial charge < -0.3 is 34.0 Å². The summed E-state index contributed by atoms with van der Waals surface area (Å²) in [5.41, 5.74) is 1.96. The van der Waals surface area contributed by atoms with Crippen LogP contribution in [-0.4, -0.2) is 12.5 Å². The first kappa shape index (κ1) is 27.7. The van der Waals surface area contributed by atoms with Crippen LogP contribution in [0.25, 0.3) is 0 Å². The first-order chi connectivity index (χ1) is 14.6. The van der Waals surface area contributed by atoms with Gasteiger partial charge in [0.25, 0.3) is 0 Å². The molecule has 0 unspecified atom stereocenters. The zero-order valence-corrected chi connectivity index (χ0v) is 21.8. The van der Waals surface area contributed by atoms with E-state index in [1.807, 2.05) is 54.3 Å². The lowest BCUT2D eigenvalue weighted by Crippen LogP contribution is -3.00. The molecule has 1 amide bonds. The molecule has 0 radical (unpaired) electrons. The summed E-state index contributed by atoms with van der Waals surface area (Å²) in [5, 5.41) is 3.51. The van der Waals surface area contributed by atoms with E-state index in [2.05, 4.69) is 12.2 Å². The Morgan fingerprint density at radius 1 is 0.968 bits per heavy atom. The molecule has 2 rings (SSSR count). The molecular formula is C25H36ClIN2O2. The minimum absolute atomic E-state index is 0. The van der Waals surface area contributed by atoms with Crippen molar-refractivity contribution in [2.75, 3.05) is 6.61 Å². The van der Waals surface area contributed by atoms with Crippen molar-refractivity contribution in [1.29, 1.82) is 0 Å². The van der Waals surface area contributed by atoms with Gasteiger partial charge >= 0.3 is 0 Å². The molecule has 0 aliphatic heterocycles. The molecule has 0 aliphatic rings. The third-order valence-electron chi connectivity index (χ3n) is 5.15. The first-order valence-corrected chi connectivity index (χ1v) is 11.6. The van der Waals surface area contributed by atoms with Gasteiger partial charge in [0.15, 0.2) is 12.4 Å². The molecule has 0 fully saturated rings. The third-order valence-corrected chi connectivity index (χ3v) is 5.45. The van der Waals surface area contributed by atoms with E-state index in [0.717, 1.165) is 17.5 Å². The molecular weight excluding hydrogens is 523 g/mol. The molecule has 1 aromatic heterocycles. The van der Waals surface area contributed by atoms with Gasteiger partial charge in [-0.05, 0) is 29.7 Å². The topological polar surface area (TPSA) is 42.2 Å². The van der Waals surface area contributed by atoms with Crippen LogP contribution < -0.4 is 38.6 Å². The number of aromatic nitrogens is 1. The molecule has 1 N–H and O–H groups in total. The minimum Gasteiger partial charge on any atom is -1.00 e. The Hall–Kier alpha value is -1.34. The fourth-order valence-electron chi connectivity index (χ4n) is 3.29. The number of pyridine rings is 1. The summed E-state index contributed by atoms with van der Waals surface area (Å²) < 4.78 is 7.79. The zero-order valence-electron chi connectivity index (χ0n) is 18.8. The van der Waals surface area contributed by atoms with Crippen LogP contribution in [-0.2, 0) is 24.8 Å². The number of carbonyl (C=O) groups is 1. The van der Waals surface area contributed by atoms with Gasteiger partial charge in [0.1, 0.15) is 12.8 Å². The van der Waals surface area contributed by atoms with Crippen molar-refractivity contribution in [3.05, 3.63) is 58.9 Å². The maximum Gasteiger partial charge on any atom is 0.224 e. The standard InChI is InChI=1S/C25H35ClN2O2.HI/c1-3-4-5-6-7-8-9-10-17-30-24-12-11-22(18-23(24)26)19-25(29)27-20-21-13-15-28(2)16-14-21;/h11-16,18H,3-10,17,19-20H2,1-2H3;1H. The Balaban J connectivity index is 0.00000480. The fraction of sp³-hybridized carbons (Fsp3) is 0.520. The van der Waals surface area contributed by atoms with Gasteiger partial charge in [-0.3, -0.25) is 4.79 Å². The van der Waals surface area contributed by atoms with Crippen LogP contribution >= 0.6 is 11.6 Å². The number of hydrogen-bond acceptors (Lipinski definition) is 2. The summed E-state index contributed by atoms with van der Waals surface area (Å²) in [6, 6.07) is 9.60. The lowest BCUT2D eigenvalue weighted by Gasteiger charge is -2.10. The van der Waals surface area contributed by atoms with Gasteiger partial charge in [-0.15, -0.1) is 0 Å². The van der Waals surface area contributed by atoms with Gasteiger partial charge in [-0.2, -0.15) is 0 Å². The van der Waals surface area contributed by atoms with Crippen LogP contribution in [0.15, 0.2) is 42.7 Å². The SMILES string of the molecule is CCCCCCCCCCOc1ccc(CC(=O)NCc2cc[n+](C)cc2)cc1Cl.[I-]. The normalized spacial score (nSPS) is 10.4. The van der Waals surface area contributed by atoms with Crippen molar-refractivity contribution >= 4 is 17.5 Å². The highest BCUT2D eigenvalue weighted by Gasteiger charge is 2.08. The van der Waals surface area contributed by atoms with Crippen molar-refractivity contribution in [3.8, 4) is 5.75 Å². The predicted molar refractivity (Wildman–Crippen MR) is 123 cm³/mol. The molecule has 1 heterocycles. The number of carbonyl (C=O) groups excluding carboxylic acids is 1. The number of halogens is 2. The molecule has 0 saturated heterocycles. The molecule has 31 heavy (non-hydrogen) atoms. The average molecular weight is 559 g/mol. The number of benzene rings is 1.